The summed E-state index contributed by atoms with van der Waals surface area (Å²) in [4.78, 5) is 32.0. The van der Waals surface area contributed by atoms with Gasteiger partial charge in [0.1, 0.15) is 11.5 Å². The number of nitrogens with one attached hydrogen (secondary N) is 1. The first-order valence-corrected chi connectivity index (χ1v) is 12.5. The van der Waals surface area contributed by atoms with Crippen LogP contribution in [0.2, 0.25) is 0 Å². The van der Waals surface area contributed by atoms with Crippen LogP contribution in [0.15, 0.2) is 54.2 Å². The first-order chi connectivity index (χ1) is 16.9. The zero-order valence-corrected chi connectivity index (χ0v) is 20.5. The Morgan fingerprint density at radius 3 is 2.54 bits per heavy atom. The van der Waals surface area contributed by atoms with Gasteiger partial charge in [0.15, 0.2) is 0 Å². The fourth-order valence-electron chi connectivity index (χ4n) is 5.70. The molecule has 6 heteroatoms. The third kappa shape index (κ3) is 3.91. The van der Waals surface area contributed by atoms with Crippen molar-refractivity contribution in [2.75, 3.05) is 7.11 Å². The van der Waals surface area contributed by atoms with Gasteiger partial charge in [0, 0.05) is 34.3 Å². The van der Waals surface area contributed by atoms with Crippen LogP contribution in [-0.2, 0) is 9.59 Å². The number of amides is 1. The lowest BCUT2D eigenvalue weighted by Gasteiger charge is -2.35. The molecule has 0 bridgehead atoms. The molecule has 2 aliphatic rings. The van der Waals surface area contributed by atoms with Crippen LogP contribution >= 0.6 is 0 Å². The van der Waals surface area contributed by atoms with E-state index >= 15 is 0 Å². The molecule has 2 fully saturated rings. The molecule has 1 amide bonds. The topological polar surface area (TPSA) is 82.6 Å². The van der Waals surface area contributed by atoms with Crippen LogP contribution in [0.1, 0.15) is 74.6 Å². The number of rotatable bonds is 5. The smallest absolute Gasteiger partial charge is 0.295 e. The molecule has 0 spiro atoms. The molecule has 1 aliphatic heterocycles. The number of fused-ring (bicyclic) bond motifs is 1. The summed E-state index contributed by atoms with van der Waals surface area (Å²) in [6, 6.07) is 12.6. The number of aromatic amines is 1. The summed E-state index contributed by atoms with van der Waals surface area (Å²) in [5, 5.41) is 12.5. The Bertz CT molecular complexity index is 1310. The number of likely N-dealkylation sites (tertiary alicyclic amines) is 1. The molecule has 0 radical (unpaired) electrons. The van der Waals surface area contributed by atoms with Crippen molar-refractivity contribution in [3.63, 3.8) is 0 Å². The molecule has 1 saturated heterocycles. The van der Waals surface area contributed by atoms with Crippen molar-refractivity contribution in [1.29, 1.82) is 0 Å². The van der Waals surface area contributed by atoms with Gasteiger partial charge in [-0.05, 0) is 48.6 Å². The molecule has 2 heterocycles. The Hall–Kier alpha value is -3.54. The Balaban J connectivity index is 1.71. The largest absolute Gasteiger partial charge is 0.507 e. The number of H-pyrrole nitrogens is 1. The minimum atomic E-state index is -0.640. The summed E-state index contributed by atoms with van der Waals surface area (Å²) in [5.74, 6) is -0.391. The zero-order chi connectivity index (χ0) is 24.7. The van der Waals surface area contributed by atoms with Crippen molar-refractivity contribution < 1.29 is 19.4 Å². The average Bonchev–Trinajstić information content (AvgIpc) is 3.42. The highest BCUT2D eigenvalue weighted by molar-refractivity contribution is 6.46. The van der Waals surface area contributed by atoms with E-state index in [2.05, 4.69) is 18.8 Å². The number of aliphatic hydroxyl groups excluding tert-OH is 1. The van der Waals surface area contributed by atoms with E-state index in [1.54, 1.807) is 18.1 Å². The summed E-state index contributed by atoms with van der Waals surface area (Å²) >= 11 is 0. The number of aromatic nitrogens is 1. The summed E-state index contributed by atoms with van der Waals surface area (Å²) in [7, 11) is 1.62. The van der Waals surface area contributed by atoms with Crippen LogP contribution in [0.3, 0.4) is 0 Å². The average molecular weight is 473 g/mol. The van der Waals surface area contributed by atoms with Crippen LogP contribution in [0, 0.1) is 0 Å². The van der Waals surface area contributed by atoms with Crippen LogP contribution < -0.4 is 4.74 Å². The number of ether oxygens (including phenoxy) is 1. The van der Waals surface area contributed by atoms with Crippen molar-refractivity contribution >= 4 is 28.4 Å². The van der Waals surface area contributed by atoms with Gasteiger partial charge < -0.3 is 19.7 Å². The number of nitrogens with zero attached hydrogens (tertiary/aromatic N) is 1. The molecule has 35 heavy (non-hydrogen) atoms. The number of hydrogen-bond donors (Lipinski definition) is 2. The molecule has 1 atom stereocenters. The summed E-state index contributed by atoms with van der Waals surface area (Å²) in [6.07, 6.45) is 6.81. The molecular formula is C29H32N2O4. The SMILES string of the molecule is COc1ccc(/C(O)=C2\C(=O)C(=O)N(C3CCCCC3)C2c2c[nH]c3ccccc23)cc1C(C)C. The molecule has 1 aromatic heterocycles. The van der Waals surface area contributed by atoms with E-state index in [-0.39, 0.29) is 23.3 Å². The van der Waals surface area contributed by atoms with Crippen molar-refractivity contribution in [3.05, 3.63) is 70.9 Å². The third-order valence-corrected chi connectivity index (χ3v) is 7.49. The second kappa shape index (κ2) is 9.25. The number of Topliss-reactive ketones (excluding diaryl/α,β-unsaturated/α-hetero) is 1. The highest BCUT2D eigenvalue weighted by atomic mass is 16.5. The van der Waals surface area contributed by atoms with E-state index in [1.165, 1.54) is 0 Å². The highest BCUT2D eigenvalue weighted by Gasteiger charge is 2.49. The molecular weight excluding hydrogens is 440 g/mol. The monoisotopic (exact) mass is 472 g/mol. The Kier molecular flexibility index (Phi) is 6.13. The second-order valence-electron chi connectivity index (χ2n) is 9.90. The predicted molar refractivity (Wildman–Crippen MR) is 136 cm³/mol. The number of methoxy groups -OCH3 is 1. The van der Waals surface area contributed by atoms with Gasteiger partial charge in [-0.25, -0.2) is 0 Å². The maximum atomic E-state index is 13.5. The van der Waals surface area contributed by atoms with E-state index in [0.717, 1.165) is 59.9 Å². The van der Waals surface area contributed by atoms with Gasteiger partial charge in [-0.1, -0.05) is 51.3 Å². The number of aliphatic hydroxyl groups is 1. The van der Waals surface area contributed by atoms with Crippen LogP contribution in [0.4, 0.5) is 0 Å². The maximum Gasteiger partial charge on any atom is 0.295 e. The quantitative estimate of drug-likeness (QED) is 0.269. The number of carbonyl (C=O) groups is 2. The lowest BCUT2D eigenvalue weighted by atomic mass is 9.90. The van der Waals surface area contributed by atoms with Crippen molar-refractivity contribution in [3.8, 4) is 5.75 Å². The molecule has 1 aliphatic carbocycles. The molecule has 5 rings (SSSR count). The standard InChI is InChI=1S/C29H32N2O4/c1-17(2)21-15-18(13-14-24(21)35-3)27(32)25-26(22-16-30-23-12-8-7-11-20(22)23)31(29(34)28(25)33)19-9-5-4-6-10-19/h7-8,11-17,19,26,30,32H,4-6,9-10H2,1-3H3/b27-25+. The fourth-order valence-corrected chi connectivity index (χ4v) is 5.70. The molecule has 182 valence electrons. The molecule has 3 aromatic rings. The summed E-state index contributed by atoms with van der Waals surface area (Å²) in [6.45, 7) is 4.10. The minimum absolute atomic E-state index is 0.0220. The van der Waals surface area contributed by atoms with Gasteiger partial charge in [0.25, 0.3) is 11.7 Å². The molecule has 1 saturated carbocycles. The van der Waals surface area contributed by atoms with Gasteiger partial charge >= 0.3 is 0 Å². The second-order valence-corrected chi connectivity index (χ2v) is 9.90. The fraction of sp³-hybridized carbons (Fsp3) is 0.379. The zero-order valence-electron chi connectivity index (χ0n) is 20.5. The Morgan fingerprint density at radius 2 is 1.83 bits per heavy atom. The van der Waals surface area contributed by atoms with Gasteiger partial charge in [0.05, 0.1) is 18.7 Å². The van der Waals surface area contributed by atoms with E-state index < -0.39 is 17.7 Å². The first kappa shape index (κ1) is 23.2. The summed E-state index contributed by atoms with van der Waals surface area (Å²) in [5.41, 5.74) is 3.38. The molecule has 1 unspecified atom stereocenters. The van der Waals surface area contributed by atoms with Crippen molar-refractivity contribution in [2.24, 2.45) is 0 Å². The number of carbonyl (C=O) groups excluding carboxylic acids is 2. The van der Waals surface area contributed by atoms with Gasteiger partial charge in [0.2, 0.25) is 0 Å². The first-order valence-electron chi connectivity index (χ1n) is 12.5. The lowest BCUT2D eigenvalue weighted by molar-refractivity contribution is -0.141. The number of benzene rings is 2. The van der Waals surface area contributed by atoms with E-state index in [1.807, 2.05) is 42.6 Å². The minimum Gasteiger partial charge on any atom is -0.507 e. The van der Waals surface area contributed by atoms with Gasteiger partial charge in [-0.2, -0.15) is 0 Å². The van der Waals surface area contributed by atoms with E-state index in [9.17, 15) is 14.7 Å². The molecule has 2 N–H and O–H groups in total. The number of hydrogen-bond acceptors (Lipinski definition) is 4. The van der Waals surface area contributed by atoms with Crippen molar-refractivity contribution in [1.82, 2.24) is 9.88 Å². The summed E-state index contributed by atoms with van der Waals surface area (Å²) < 4.78 is 5.50. The lowest BCUT2D eigenvalue weighted by Crippen LogP contribution is -2.40. The normalized spacial score (nSPS) is 20.8. The van der Waals surface area contributed by atoms with Crippen LogP contribution in [0.25, 0.3) is 16.7 Å². The maximum absolute atomic E-state index is 13.5. The number of ketones is 1. The van der Waals surface area contributed by atoms with Gasteiger partial charge in [-0.15, -0.1) is 0 Å². The van der Waals surface area contributed by atoms with E-state index in [4.69, 9.17) is 4.74 Å². The molecule has 2 aromatic carbocycles. The van der Waals surface area contributed by atoms with Crippen LogP contribution in [0.5, 0.6) is 5.75 Å². The third-order valence-electron chi connectivity index (χ3n) is 7.49. The highest BCUT2D eigenvalue weighted by Crippen LogP contribution is 2.45. The van der Waals surface area contributed by atoms with Crippen molar-refractivity contribution in [2.45, 2.75) is 64.0 Å². The van der Waals surface area contributed by atoms with Crippen LogP contribution in [-0.4, -0.2) is 39.8 Å². The van der Waals surface area contributed by atoms with E-state index in [0.29, 0.717) is 5.56 Å². The van der Waals surface area contributed by atoms with Gasteiger partial charge in [-0.3, -0.25) is 9.59 Å². The predicted octanol–water partition coefficient (Wildman–Crippen LogP) is 6.05. The Morgan fingerprint density at radius 1 is 1.09 bits per heavy atom. The molecule has 6 nitrogen and oxygen atoms in total. The Labute approximate surface area is 205 Å². The number of para-hydroxylation sites is 1.